The van der Waals surface area contributed by atoms with E-state index >= 15 is 0 Å². The molecule has 0 aliphatic rings. The molecule has 0 aliphatic heterocycles. The third-order valence-corrected chi connectivity index (χ3v) is 3.86. The molecule has 4 N–H and O–H groups in total. The third-order valence-electron chi connectivity index (χ3n) is 2.95. The fourth-order valence-corrected chi connectivity index (χ4v) is 2.68. The Kier molecular flexibility index (Phi) is 5.24. The van der Waals surface area contributed by atoms with Gasteiger partial charge in [0.1, 0.15) is 10.6 Å². The van der Waals surface area contributed by atoms with E-state index in [2.05, 4.69) is 11.2 Å². The van der Waals surface area contributed by atoms with E-state index in [1.54, 1.807) is 36.4 Å². The number of benzene rings is 2. The molecule has 0 radical (unpaired) electrons. The molecule has 0 spiro atoms. The Morgan fingerprint density at radius 3 is 2.52 bits per heavy atom. The number of anilines is 1. The summed E-state index contributed by atoms with van der Waals surface area (Å²) < 4.78 is 29.5. The van der Waals surface area contributed by atoms with E-state index in [1.165, 1.54) is 6.07 Å². The highest BCUT2D eigenvalue weighted by Crippen LogP contribution is 2.37. The molecular formula is C16H16N2O4S. The average molecular weight is 332 g/mol. The van der Waals surface area contributed by atoms with E-state index in [9.17, 15) is 13.5 Å². The predicted molar refractivity (Wildman–Crippen MR) is 87.6 cm³/mol. The Morgan fingerprint density at radius 2 is 1.96 bits per heavy atom. The van der Waals surface area contributed by atoms with Gasteiger partial charge < -0.3 is 15.2 Å². The second-order valence-electron chi connectivity index (χ2n) is 4.65. The minimum absolute atomic E-state index is 0.0335. The van der Waals surface area contributed by atoms with Crippen LogP contribution in [-0.2, 0) is 16.6 Å². The molecule has 2 rings (SSSR count). The molecule has 23 heavy (non-hydrogen) atoms. The maximum atomic E-state index is 11.9. The number of nitrogens with one attached hydrogen (secondary N) is 1. The summed E-state index contributed by atoms with van der Waals surface area (Å²) in [4.78, 5) is -0.229. The van der Waals surface area contributed by atoms with E-state index in [1.807, 2.05) is 0 Å². The van der Waals surface area contributed by atoms with Crippen LogP contribution in [0.15, 0.2) is 47.4 Å². The topological polar surface area (TPSA) is 102 Å². The van der Waals surface area contributed by atoms with Crippen molar-refractivity contribution < 1.29 is 18.3 Å². The molecule has 0 atom stereocenters. The number of hydrogen-bond acceptors (Lipinski definition) is 5. The number of rotatable bonds is 6. The van der Waals surface area contributed by atoms with Gasteiger partial charge in [0.15, 0.2) is 5.75 Å². The van der Waals surface area contributed by atoms with Crippen LogP contribution in [0.1, 0.15) is 5.56 Å². The monoisotopic (exact) mass is 332 g/mol. The highest BCUT2D eigenvalue weighted by molar-refractivity contribution is 7.89. The molecule has 120 valence electrons. The zero-order valence-corrected chi connectivity index (χ0v) is 13.0. The van der Waals surface area contributed by atoms with Gasteiger partial charge in [0.2, 0.25) is 10.0 Å². The fraction of sp³-hybridized carbons (Fsp3) is 0.125. The number of terminal acetylenes is 1. The van der Waals surface area contributed by atoms with Gasteiger partial charge in [-0.3, -0.25) is 0 Å². The SMILES string of the molecule is C#CCNc1cc(CO)cc(S(N)(=O)=O)c1Oc1ccccc1. The highest BCUT2D eigenvalue weighted by atomic mass is 32.2. The van der Waals surface area contributed by atoms with Crippen molar-refractivity contribution in [2.45, 2.75) is 11.5 Å². The van der Waals surface area contributed by atoms with Gasteiger partial charge >= 0.3 is 0 Å². The van der Waals surface area contributed by atoms with Crippen LogP contribution in [0.2, 0.25) is 0 Å². The molecule has 6 nitrogen and oxygen atoms in total. The van der Waals surface area contributed by atoms with E-state index in [-0.39, 0.29) is 23.8 Å². The van der Waals surface area contributed by atoms with Crippen molar-refractivity contribution in [3.63, 3.8) is 0 Å². The second-order valence-corrected chi connectivity index (χ2v) is 6.18. The van der Waals surface area contributed by atoms with Crippen LogP contribution in [0.3, 0.4) is 0 Å². The van der Waals surface area contributed by atoms with Crippen molar-refractivity contribution in [2.75, 3.05) is 11.9 Å². The van der Waals surface area contributed by atoms with E-state index < -0.39 is 10.0 Å². The van der Waals surface area contributed by atoms with Gasteiger partial charge in [-0.15, -0.1) is 6.42 Å². The number of sulfonamides is 1. The molecule has 0 amide bonds. The summed E-state index contributed by atoms with van der Waals surface area (Å²) in [6, 6.07) is 11.5. The standard InChI is InChI=1S/C16H16N2O4S/c1-2-8-18-14-9-12(11-19)10-15(23(17,20)21)16(14)22-13-6-4-3-5-7-13/h1,3-7,9-10,18-19H,8,11H2,(H2,17,20,21). The molecule has 7 heteroatoms. The van der Waals surface area contributed by atoms with Crippen molar-refractivity contribution in [1.29, 1.82) is 0 Å². The summed E-state index contributed by atoms with van der Waals surface area (Å²) in [6.07, 6.45) is 5.23. The zero-order valence-electron chi connectivity index (χ0n) is 12.2. The largest absolute Gasteiger partial charge is 0.454 e. The minimum atomic E-state index is -4.06. The van der Waals surface area contributed by atoms with Gasteiger partial charge in [-0.1, -0.05) is 24.1 Å². The molecule has 2 aromatic carbocycles. The second kappa shape index (κ2) is 7.15. The molecule has 2 aromatic rings. The van der Waals surface area contributed by atoms with E-state index in [4.69, 9.17) is 16.3 Å². The normalized spacial score (nSPS) is 10.8. The Labute approximate surface area is 135 Å². The number of para-hydroxylation sites is 1. The molecule has 0 saturated carbocycles. The molecule has 0 unspecified atom stereocenters. The van der Waals surface area contributed by atoms with Crippen LogP contribution >= 0.6 is 0 Å². The average Bonchev–Trinajstić information content (AvgIpc) is 2.53. The van der Waals surface area contributed by atoms with Gasteiger partial charge in [0.05, 0.1) is 18.8 Å². The van der Waals surface area contributed by atoms with E-state index in [0.29, 0.717) is 17.0 Å². The van der Waals surface area contributed by atoms with Crippen LogP contribution in [0.5, 0.6) is 11.5 Å². The molecule has 0 aromatic heterocycles. The van der Waals surface area contributed by atoms with Crippen molar-refractivity contribution in [1.82, 2.24) is 0 Å². The molecule has 0 heterocycles. The summed E-state index contributed by atoms with van der Waals surface area (Å²) in [6.45, 7) is -0.192. The Bertz CT molecular complexity index is 827. The van der Waals surface area contributed by atoms with Crippen molar-refractivity contribution in [2.24, 2.45) is 5.14 Å². The summed E-state index contributed by atoms with van der Waals surface area (Å²) in [7, 11) is -4.06. The van der Waals surface area contributed by atoms with Crippen LogP contribution in [0.25, 0.3) is 0 Å². The number of aliphatic hydroxyl groups excluding tert-OH is 1. The summed E-state index contributed by atoms with van der Waals surface area (Å²) >= 11 is 0. The van der Waals surface area contributed by atoms with Crippen LogP contribution in [0, 0.1) is 12.3 Å². The summed E-state index contributed by atoms with van der Waals surface area (Å²) in [5, 5.41) is 17.5. The highest BCUT2D eigenvalue weighted by Gasteiger charge is 2.21. The third kappa shape index (κ3) is 4.23. The lowest BCUT2D eigenvalue weighted by atomic mass is 10.2. The number of ether oxygens (including phenoxy) is 1. The van der Waals surface area contributed by atoms with Crippen molar-refractivity contribution in [3.8, 4) is 23.8 Å². The van der Waals surface area contributed by atoms with E-state index in [0.717, 1.165) is 0 Å². The van der Waals surface area contributed by atoms with Gasteiger partial charge in [-0.2, -0.15) is 0 Å². The van der Waals surface area contributed by atoms with Crippen LogP contribution < -0.4 is 15.2 Å². The van der Waals surface area contributed by atoms with Gasteiger partial charge in [0.25, 0.3) is 0 Å². The van der Waals surface area contributed by atoms with Crippen molar-refractivity contribution in [3.05, 3.63) is 48.0 Å². The summed E-state index contributed by atoms with van der Waals surface area (Å²) in [5.74, 6) is 2.87. The maximum absolute atomic E-state index is 11.9. The lowest BCUT2D eigenvalue weighted by Gasteiger charge is -2.16. The Hall–Kier alpha value is -2.53. The smallest absolute Gasteiger partial charge is 0.241 e. The fourth-order valence-electron chi connectivity index (χ4n) is 1.95. The first kappa shape index (κ1) is 16.8. The van der Waals surface area contributed by atoms with Crippen LogP contribution in [0.4, 0.5) is 5.69 Å². The van der Waals surface area contributed by atoms with Gasteiger partial charge in [-0.25, -0.2) is 13.6 Å². The number of nitrogens with two attached hydrogens (primary N) is 1. The minimum Gasteiger partial charge on any atom is -0.454 e. The quantitative estimate of drug-likeness (QED) is 0.698. The molecular weight excluding hydrogens is 316 g/mol. The number of primary sulfonamides is 1. The summed E-state index contributed by atoms with van der Waals surface area (Å²) in [5.41, 5.74) is 0.705. The lowest BCUT2D eigenvalue weighted by molar-refractivity contribution is 0.281. The molecule has 0 aliphatic carbocycles. The first-order chi connectivity index (χ1) is 11.0. The predicted octanol–water partition coefficient (Wildman–Crippen LogP) is 1.66. The number of aliphatic hydroxyl groups is 1. The van der Waals surface area contributed by atoms with Crippen molar-refractivity contribution >= 4 is 15.7 Å². The Balaban J connectivity index is 2.61. The first-order valence-electron chi connectivity index (χ1n) is 6.66. The first-order valence-corrected chi connectivity index (χ1v) is 8.21. The molecule has 0 saturated heterocycles. The Morgan fingerprint density at radius 1 is 1.26 bits per heavy atom. The van der Waals surface area contributed by atoms with Gasteiger partial charge in [-0.05, 0) is 29.8 Å². The van der Waals surface area contributed by atoms with Crippen LogP contribution in [-0.4, -0.2) is 20.1 Å². The lowest BCUT2D eigenvalue weighted by Crippen LogP contribution is -2.15. The van der Waals surface area contributed by atoms with Gasteiger partial charge in [0, 0.05) is 0 Å². The maximum Gasteiger partial charge on any atom is 0.241 e. The molecule has 0 fully saturated rings. The number of hydrogen-bond donors (Lipinski definition) is 3. The molecule has 0 bridgehead atoms. The zero-order chi connectivity index (χ0) is 16.9.